The van der Waals surface area contributed by atoms with Crippen molar-refractivity contribution < 1.29 is 190 Å². The molecule has 5 saturated heterocycles. The maximum Gasteiger partial charge on any atom is 0.490 e. The van der Waals surface area contributed by atoms with Crippen LogP contribution in [0.1, 0.15) is 81.1 Å². The third-order valence-electron chi connectivity index (χ3n) is 20.2. The molecule has 15 heterocycles. The molecule has 5 fully saturated rings. The van der Waals surface area contributed by atoms with Crippen molar-refractivity contribution in [2.75, 3.05) is 75.9 Å². The molecule has 0 saturated carbocycles. The van der Waals surface area contributed by atoms with Crippen molar-refractivity contribution in [3.05, 3.63) is 83.4 Å². The highest BCUT2D eigenvalue weighted by atomic mass is 32.3. The quantitative estimate of drug-likeness (QED) is 0.0197. The number of imidazole rings is 5. The van der Waals surface area contributed by atoms with E-state index < -0.39 is 231 Å². The zero-order valence-corrected chi connectivity index (χ0v) is 73.9. The average molecular weight is 2060 g/mol. The van der Waals surface area contributed by atoms with Gasteiger partial charge in [0.05, 0.1) is 80.3 Å². The summed E-state index contributed by atoms with van der Waals surface area (Å²) in [5, 5.41) is 114. The Bertz CT molecular complexity index is 6660. The number of nitrogens with one attached hydrogen (secondary N) is 5. The lowest BCUT2D eigenvalue weighted by Crippen LogP contribution is -2.53. The molecule has 8 unspecified atom stereocenters. The number of aliphatic hydroxyl groups is 11. The van der Waals surface area contributed by atoms with Crippen LogP contribution in [0, 0.1) is 0 Å². The number of aryl methyl sites for hydroxylation is 2. The Morgan fingerprint density at radius 1 is 0.437 bits per heavy atom. The molecular weight excluding hydrogens is 1960 g/mol. The summed E-state index contributed by atoms with van der Waals surface area (Å²) >= 11 is 0. The number of H-pyrrole nitrogens is 5. The third kappa shape index (κ3) is 23.6. The molecule has 5 aliphatic rings. The van der Waals surface area contributed by atoms with Crippen LogP contribution in [0.15, 0.2) is 55.6 Å². The molecule has 33 N–H and O–H groups in total. The second-order valence-corrected chi connectivity index (χ2v) is 38.4. The highest BCUT2D eigenvalue weighted by Crippen LogP contribution is 2.68. The van der Waals surface area contributed by atoms with Crippen LogP contribution in [0.4, 0.5) is 29.7 Å². The molecule has 0 aliphatic carbocycles. The van der Waals surface area contributed by atoms with Crippen molar-refractivity contribution in [3.8, 4) is 0 Å². The number of phosphoric ester groups is 4. The number of nitrogens with zero attached hydrogens (tertiary/aromatic N) is 15. The summed E-state index contributed by atoms with van der Waals surface area (Å²) in [5.74, 6) is -1.03. The predicted molar refractivity (Wildman–Crippen MR) is 447 cm³/mol. The van der Waals surface area contributed by atoms with E-state index in [1.165, 1.54) is 76.0 Å². The zero-order chi connectivity index (χ0) is 98.3. The van der Waals surface area contributed by atoms with E-state index >= 15 is 0 Å². The molecule has 68 nitrogen and oxygen atoms in total. The molecule has 135 heavy (non-hydrogen) atoms. The van der Waals surface area contributed by atoms with Gasteiger partial charge in [-0.05, 0) is 27.7 Å². The summed E-state index contributed by atoms with van der Waals surface area (Å²) in [7, 11) is -25.6. The van der Waals surface area contributed by atoms with Crippen LogP contribution in [0.25, 0.3) is 55.8 Å². The van der Waals surface area contributed by atoms with E-state index in [0.29, 0.717) is 0 Å². The van der Waals surface area contributed by atoms with Crippen molar-refractivity contribution in [2.45, 2.75) is 171 Å². The van der Waals surface area contributed by atoms with E-state index in [4.69, 9.17) is 71.9 Å². The minimum absolute atomic E-state index is 0. The Labute approximate surface area is 753 Å². The van der Waals surface area contributed by atoms with Crippen LogP contribution in [0.3, 0.4) is 0 Å². The van der Waals surface area contributed by atoms with E-state index in [2.05, 4.69) is 99.9 Å². The minimum Gasteiger partial charge on any atom is -0.394 e. The van der Waals surface area contributed by atoms with E-state index in [0.717, 1.165) is 36.6 Å². The number of rotatable bonds is 24. The topological polar surface area (TPSA) is 1030 Å². The van der Waals surface area contributed by atoms with Crippen LogP contribution >= 0.6 is 39.1 Å². The Balaban J connectivity index is 0.000000230. The van der Waals surface area contributed by atoms with Gasteiger partial charge in [0.25, 0.3) is 39.7 Å². The highest BCUT2D eigenvalue weighted by molar-refractivity contribution is 7.81. The van der Waals surface area contributed by atoms with E-state index in [-0.39, 0.29) is 108 Å². The summed E-state index contributed by atoms with van der Waals surface area (Å²) in [6.45, 7) is 1.04. The molecule has 0 aromatic carbocycles. The highest BCUT2D eigenvalue weighted by Gasteiger charge is 2.60. The van der Waals surface area contributed by atoms with E-state index in [9.17, 15) is 126 Å². The minimum atomic E-state index is -6.02. The number of aliphatic hydroxyl groups excluding tert-OH is 7. The number of anilines is 5. The van der Waals surface area contributed by atoms with Gasteiger partial charge in [0.1, 0.15) is 89.5 Å². The SMILES string of the molecule is C.C.C.COS(=O)(=O)OC.C[C@]1(O)C(n2cnc3c(=O)[nH]c(N)nc32)O[C@H](CO)[C@H]1O.C[C@]1(O)C(n2cnc3c(=O)[nH]c(N)nc32)O[C@H](COP(=O)(O)O)[C@H]1O.Cn1c[n+](C2O[C@H](COP(=O)(O)O)[C@@H](O)[C@@]2(C)O)c2nc(N)[nH]c(=O)c21.Cn1c[n+](C2O[C@H](COP(=O)(O)OP(=O)(O)OP(=O)(O)OCC3O[C@@H](n4cnc5c(=O)[nH]c(N)nc54)[C@H](O)[C@@H]3O)[C@@H](O)[C@@]2(C)O)c2nc(N)[nH]c(=O)c21. The van der Waals surface area contributed by atoms with Gasteiger partial charge in [-0.15, -0.1) is 0 Å². The number of nitrogen functional groups attached to an aromatic ring is 5. The number of ether oxygens (including phenoxy) is 5. The average Bonchev–Trinajstić information content (AvgIpc) is 1.59. The summed E-state index contributed by atoms with van der Waals surface area (Å²) < 4.78 is 149. The smallest absolute Gasteiger partial charge is 0.394 e. The lowest BCUT2D eigenvalue weighted by molar-refractivity contribution is -0.752. The molecule has 756 valence electrons. The molecule has 0 spiro atoms. The van der Waals surface area contributed by atoms with Crippen molar-refractivity contribution >= 4 is 135 Å². The number of nitrogens with two attached hydrogens (primary N) is 5. The van der Waals surface area contributed by atoms with Gasteiger partial charge in [0.15, 0.2) is 64.8 Å². The molecular formula is C61H100N25O43P5S+2. The fourth-order valence-corrected chi connectivity index (χ4v) is 18.3. The molecule has 74 heteroatoms. The van der Waals surface area contributed by atoms with Gasteiger partial charge in [0.2, 0.25) is 41.3 Å². The number of phosphoric acid groups is 5. The summed E-state index contributed by atoms with van der Waals surface area (Å²) in [5.41, 5.74) is 17.1. The normalized spacial score (nSPS) is 29.2. The van der Waals surface area contributed by atoms with Crippen molar-refractivity contribution in [1.82, 2.24) is 87.6 Å². The largest absolute Gasteiger partial charge is 0.490 e. The Kier molecular flexibility index (Phi) is 33.6. The number of hydrogen-bond donors (Lipinski definition) is 28. The fraction of sp³-hybridized carbons (Fsp3) is 0.590. The van der Waals surface area contributed by atoms with Crippen LogP contribution in [0.5, 0.6) is 0 Å². The fourth-order valence-electron chi connectivity index (χ4n) is 13.9. The summed E-state index contributed by atoms with van der Waals surface area (Å²) in [6.07, 6.45) is -16.9. The Morgan fingerprint density at radius 2 is 0.741 bits per heavy atom. The van der Waals surface area contributed by atoms with Gasteiger partial charge < -0.3 is 143 Å². The summed E-state index contributed by atoms with van der Waals surface area (Å²) in [4.78, 5) is 168. The maximum absolute atomic E-state index is 12.6. The first-order chi connectivity index (χ1) is 60.9. The second-order valence-electron chi connectivity index (χ2n) is 29.8. The summed E-state index contributed by atoms with van der Waals surface area (Å²) in [6, 6.07) is 0. The second kappa shape index (κ2) is 41.0. The lowest BCUT2D eigenvalue weighted by Gasteiger charge is -2.27. The van der Waals surface area contributed by atoms with Gasteiger partial charge in [-0.3, -0.25) is 98.2 Å². The van der Waals surface area contributed by atoms with E-state index in [1.54, 1.807) is 7.05 Å². The molecule has 5 aliphatic heterocycles. The van der Waals surface area contributed by atoms with Crippen molar-refractivity contribution in [1.29, 1.82) is 0 Å². The van der Waals surface area contributed by atoms with Gasteiger partial charge in [-0.25, -0.2) is 46.9 Å². The van der Waals surface area contributed by atoms with Gasteiger partial charge in [-0.1, -0.05) is 32.2 Å². The van der Waals surface area contributed by atoms with Gasteiger partial charge >= 0.3 is 60.8 Å². The first kappa shape index (κ1) is 111. The standard InChI is InChI=1S/C22H31N10O18P3.C12H18N5O8P.C11H16N5O8P.C11H15N5O5.C2H6O4S.3CH4/c1-22(38)13(35)8(48-19(22)32-6-30(2)10-15(32)27-21(24)29-17(10)37)4-46-52(41,42)50-53(43,44)49-51(39,40)45-3-7-11(33)12(34)18(47-7)31-5-25-9-14(31)26-20(23)28-16(9)36;1-12(20)7(18)5(3-24-26(21,22)23)25-10(12)17-4-16(2)6-8(17)14-11(13)15-9(6)19;1-11(19)6(17)4(2-23-25(20,21)22)24-9(11)16-3-13-5-7(16)14-10(12)15-8(5)18;1-11(20)6(18)4(2-17)21-9(11)16-3-13-5-7(16)14-10(12)15-8(5)19;1-5-7(3,4)6-2;;;/h5-8,11-13,18-19,33-35,38H,3-4H2,1-2H3,(H8-,23,24,26,27,28,29,36,37,39,40,41,42,43,44);4-5,7,10,18,20H,3H2,1-2H3,(H4-,13,14,15,19,21,22,23);3-4,6,9,17,19H,2H2,1H3,(H2,20,21,22)(H3,12,14,15,18);3-4,6,9,17-18,20H,2H2,1H3,(H3,12,14,15,19);1-2H3;3*1H4/p+2/t7?,8-,11-,12-,13-,18-,19?,22-;5-,7-,10?,12-;2*4-,6-,9?,11-;;;;/m1111..../s1. The molecule has 10 aromatic rings. The maximum atomic E-state index is 12.6. The Morgan fingerprint density at radius 3 is 1.08 bits per heavy atom. The van der Waals surface area contributed by atoms with Gasteiger partial charge in [-0.2, -0.15) is 32.0 Å². The zero-order valence-electron chi connectivity index (χ0n) is 68.7. The van der Waals surface area contributed by atoms with Crippen molar-refractivity contribution in [2.24, 2.45) is 14.1 Å². The Hall–Kier alpha value is -9.39. The molecule has 10 aromatic heterocycles. The predicted octanol–water partition coefficient (Wildman–Crippen LogP) is -9.95. The van der Waals surface area contributed by atoms with Crippen LogP contribution in [0.2, 0.25) is 0 Å². The molecule has 23 atom stereocenters. The number of fused-ring (bicyclic) bond motifs is 5. The first-order valence-corrected chi connectivity index (χ1v) is 45.8. The van der Waals surface area contributed by atoms with Crippen LogP contribution < -0.4 is 65.6 Å². The third-order valence-corrected chi connectivity index (χ3v) is 26.2. The van der Waals surface area contributed by atoms with E-state index in [1.807, 2.05) is 0 Å². The number of hydrogen-bond acceptors (Lipinski definition) is 49. The molecule has 0 radical (unpaired) electrons. The first-order valence-electron chi connectivity index (χ1n) is 36.9. The van der Waals surface area contributed by atoms with Crippen molar-refractivity contribution in [3.63, 3.8) is 0 Å². The lowest BCUT2D eigenvalue weighted by atomic mass is 9.96. The molecule has 0 bridgehead atoms. The monoisotopic (exact) mass is 2060 g/mol. The van der Waals surface area contributed by atoms with Crippen LogP contribution in [-0.4, -0.2) is 323 Å². The number of aromatic amines is 5. The molecule has 15 rings (SSSR count). The van der Waals surface area contributed by atoms with Gasteiger partial charge in [0, 0.05) is 0 Å². The number of aromatic nitrogens is 20. The molecule has 0 amide bonds. The van der Waals surface area contributed by atoms with Crippen LogP contribution in [-0.2, 0) is 106 Å².